The number of nitrogens with two attached hydrogens (primary N) is 1. The molecule has 3 nitrogen and oxygen atoms in total. The van der Waals surface area contributed by atoms with E-state index in [4.69, 9.17) is 5.73 Å². The fourth-order valence-electron chi connectivity index (χ4n) is 3.37. The van der Waals surface area contributed by atoms with Crippen LogP contribution in [0.4, 0.5) is 0 Å². The van der Waals surface area contributed by atoms with Crippen molar-refractivity contribution >= 4 is 0 Å². The van der Waals surface area contributed by atoms with Crippen molar-refractivity contribution in [2.75, 3.05) is 26.2 Å². The van der Waals surface area contributed by atoms with Crippen molar-refractivity contribution in [3.8, 4) is 0 Å². The van der Waals surface area contributed by atoms with Gasteiger partial charge in [0.25, 0.3) is 0 Å². The number of likely N-dealkylation sites (tertiary alicyclic amines) is 1. The summed E-state index contributed by atoms with van der Waals surface area (Å²) in [5, 5.41) is 9.36. The highest BCUT2D eigenvalue weighted by atomic mass is 16.3. The van der Waals surface area contributed by atoms with Crippen molar-refractivity contribution in [1.82, 2.24) is 4.90 Å². The largest absolute Gasteiger partial charge is 0.392 e. The van der Waals surface area contributed by atoms with Crippen LogP contribution in [0.5, 0.6) is 0 Å². The van der Waals surface area contributed by atoms with Crippen LogP contribution in [-0.4, -0.2) is 42.3 Å². The van der Waals surface area contributed by atoms with Gasteiger partial charge in [0.05, 0.1) is 6.10 Å². The highest BCUT2D eigenvalue weighted by Gasteiger charge is 2.48. The van der Waals surface area contributed by atoms with Gasteiger partial charge in [-0.15, -0.1) is 0 Å². The zero-order valence-corrected chi connectivity index (χ0v) is 9.08. The lowest BCUT2D eigenvalue weighted by Gasteiger charge is -2.27. The first-order valence-electron chi connectivity index (χ1n) is 5.77. The zero-order valence-electron chi connectivity index (χ0n) is 9.08. The van der Waals surface area contributed by atoms with Crippen molar-refractivity contribution in [3.63, 3.8) is 0 Å². The second-order valence-electron chi connectivity index (χ2n) is 5.20. The average molecular weight is 198 g/mol. The van der Waals surface area contributed by atoms with E-state index in [0.717, 1.165) is 32.1 Å². The zero-order chi connectivity index (χ0) is 10.2. The summed E-state index contributed by atoms with van der Waals surface area (Å²) in [5.74, 6) is 0.797. The lowest BCUT2D eigenvalue weighted by Crippen LogP contribution is -2.36. The van der Waals surface area contributed by atoms with Gasteiger partial charge in [0.2, 0.25) is 0 Å². The molecule has 1 saturated heterocycles. The van der Waals surface area contributed by atoms with E-state index in [2.05, 4.69) is 4.90 Å². The Bertz CT molecular complexity index is 207. The lowest BCUT2D eigenvalue weighted by atomic mass is 9.81. The number of aliphatic hydroxyl groups is 1. The molecule has 1 heterocycles. The fourth-order valence-corrected chi connectivity index (χ4v) is 3.37. The molecule has 0 radical (unpaired) electrons. The van der Waals surface area contributed by atoms with Gasteiger partial charge < -0.3 is 10.8 Å². The normalized spacial score (nSPS) is 40.1. The van der Waals surface area contributed by atoms with Gasteiger partial charge in [-0.05, 0) is 37.6 Å². The van der Waals surface area contributed by atoms with Crippen LogP contribution in [0.3, 0.4) is 0 Å². The molecule has 1 aliphatic heterocycles. The molecule has 0 aromatic rings. The Morgan fingerprint density at radius 2 is 2.43 bits per heavy atom. The first-order valence-corrected chi connectivity index (χ1v) is 5.77. The third kappa shape index (κ3) is 1.69. The molecule has 3 N–H and O–H groups in total. The highest BCUT2D eigenvalue weighted by molar-refractivity contribution is 5.01. The van der Waals surface area contributed by atoms with Crippen LogP contribution >= 0.6 is 0 Å². The van der Waals surface area contributed by atoms with Crippen molar-refractivity contribution in [2.45, 2.75) is 32.3 Å². The maximum Gasteiger partial charge on any atom is 0.0639 e. The second kappa shape index (κ2) is 3.80. The number of rotatable bonds is 3. The van der Waals surface area contributed by atoms with E-state index in [-0.39, 0.29) is 6.10 Å². The van der Waals surface area contributed by atoms with E-state index >= 15 is 0 Å². The number of hydrogen-bond acceptors (Lipinski definition) is 3. The monoisotopic (exact) mass is 198 g/mol. The van der Waals surface area contributed by atoms with Crippen LogP contribution in [0.15, 0.2) is 0 Å². The predicted octanol–water partition coefficient (Wildman–Crippen LogP) is 0.428. The Labute approximate surface area is 86.3 Å². The molecular formula is C11H22N2O. The molecule has 0 bridgehead atoms. The van der Waals surface area contributed by atoms with Crippen LogP contribution in [-0.2, 0) is 0 Å². The minimum atomic E-state index is -0.205. The van der Waals surface area contributed by atoms with Crippen LogP contribution in [0, 0.1) is 11.3 Å². The van der Waals surface area contributed by atoms with Gasteiger partial charge in [0, 0.05) is 19.6 Å². The summed E-state index contributed by atoms with van der Waals surface area (Å²) in [7, 11) is 0. The van der Waals surface area contributed by atoms with Gasteiger partial charge in [0.1, 0.15) is 0 Å². The molecule has 1 aliphatic carbocycles. The van der Waals surface area contributed by atoms with E-state index in [1.165, 1.54) is 19.3 Å². The summed E-state index contributed by atoms with van der Waals surface area (Å²) in [4.78, 5) is 2.39. The number of aliphatic hydroxyl groups excluding tert-OH is 1. The van der Waals surface area contributed by atoms with Gasteiger partial charge in [-0.25, -0.2) is 0 Å². The van der Waals surface area contributed by atoms with Crippen molar-refractivity contribution in [2.24, 2.45) is 17.1 Å². The van der Waals surface area contributed by atoms with Gasteiger partial charge in [-0.2, -0.15) is 0 Å². The van der Waals surface area contributed by atoms with Crippen LogP contribution < -0.4 is 5.73 Å². The summed E-state index contributed by atoms with van der Waals surface area (Å²) >= 11 is 0. The molecule has 0 spiro atoms. The van der Waals surface area contributed by atoms with Crippen LogP contribution in [0.25, 0.3) is 0 Å². The predicted molar refractivity (Wildman–Crippen MR) is 56.9 cm³/mol. The molecule has 0 aromatic carbocycles. The molecule has 2 rings (SSSR count). The van der Waals surface area contributed by atoms with Crippen LogP contribution in [0.1, 0.15) is 26.2 Å². The molecule has 1 saturated carbocycles. The van der Waals surface area contributed by atoms with E-state index in [1.807, 2.05) is 6.92 Å². The van der Waals surface area contributed by atoms with Crippen molar-refractivity contribution < 1.29 is 5.11 Å². The Balaban J connectivity index is 1.98. The number of β-amino-alcohol motifs (C(OH)–C–C–N with tert-alkyl or cyclic N) is 1. The SMILES string of the molecule is C[C@@H](O)CN1C[C@@H]2CCC[C@]2(CN)C1. The molecule has 2 fully saturated rings. The second-order valence-corrected chi connectivity index (χ2v) is 5.20. The maximum absolute atomic E-state index is 9.36. The Kier molecular flexibility index (Phi) is 2.82. The molecule has 0 aromatic heterocycles. The molecule has 3 heteroatoms. The number of fused-ring (bicyclic) bond motifs is 1. The maximum atomic E-state index is 9.36. The number of hydrogen-bond donors (Lipinski definition) is 2. The molecule has 0 amide bonds. The van der Waals surface area contributed by atoms with Crippen molar-refractivity contribution in [3.05, 3.63) is 0 Å². The first kappa shape index (κ1) is 10.4. The van der Waals surface area contributed by atoms with E-state index in [9.17, 15) is 5.11 Å². The Morgan fingerprint density at radius 1 is 1.64 bits per heavy atom. The number of nitrogens with zero attached hydrogens (tertiary/aromatic N) is 1. The summed E-state index contributed by atoms with van der Waals surface area (Å²) < 4.78 is 0. The molecule has 82 valence electrons. The average Bonchev–Trinajstić information content (AvgIpc) is 2.59. The molecule has 14 heavy (non-hydrogen) atoms. The van der Waals surface area contributed by atoms with Gasteiger partial charge in [-0.1, -0.05) is 6.42 Å². The van der Waals surface area contributed by atoms with E-state index < -0.39 is 0 Å². The fraction of sp³-hybridized carbons (Fsp3) is 1.00. The molecule has 3 atom stereocenters. The summed E-state index contributed by atoms with van der Waals surface area (Å²) in [6.45, 7) is 5.77. The minimum Gasteiger partial charge on any atom is -0.392 e. The van der Waals surface area contributed by atoms with E-state index in [0.29, 0.717) is 5.41 Å². The molecule has 2 aliphatic rings. The topological polar surface area (TPSA) is 49.5 Å². The standard InChI is InChI=1S/C11H22N2O/c1-9(14)5-13-6-10-3-2-4-11(10,7-12)8-13/h9-10,14H,2-8,12H2,1H3/t9-,10+,11+/m1/s1. The summed E-state index contributed by atoms with van der Waals surface area (Å²) in [6, 6.07) is 0. The summed E-state index contributed by atoms with van der Waals surface area (Å²) in [6.07, 6.45) is 3.78. The lowest BCUT2D eigenvalue weighted by molar-refractivity contribution is 0.131. The van der Waals surface area contributed by atoms with Gasteiger partial charge >= 0.3 is 0 Å². The minimum absolute atomic E-state index is 0.205. The molecular weight excluding hydrogens is 176 g/mol. The van der Waals surface area contributed by atoms with Gasteiger partial charge in [-0.3, -0.25) is 4.90 Å². The summed E-state index contributed by atoms with van der Waals surface area (Å²) in [5.41, 5.74) is 6.31. The van der Waals surface area contributed by atoms with Crippen molar-refractivity contribution in [1.29, 1.82) is 0 Å². The van der Waals surface area contributed by atoms with E-state index in [1.54, 1.807) is 0 Å². The third-order valence-electron chi connectivity index (χ3n) is 4.04. The Morgan fingerprint density at radius 3 is 3.00 bits per heavy atom. The van der Waals surface area contributed by atoms with Gasteiger partial charge in [0.15, 0.2) is 0 Å². The molecule has 0 unspecified atom stereocenters. The Hall–Kier alpha value is -0.120. The smallest absolute Gasteiger partial charge is 0.0639 e. The van der Waals surface area contributed by atoms with Crippen LogP contribution in [0.2, 0.25) is 0 Å². The third-order valence-corrected chi connectivity index (χ3v) is 4.04. The first-order chi connectivity index (χ1) is 6.66. The highest BCUT2D eigenvalue weighted by Crippen LogP contribution is 2.47. The quantitative estimate of drug-likeness (QED) is 0.691.